The highest BCUT2D eigenvalue weighted by Gasteiger charge is 2.30. The molecule has 100 valence electrons. The number of rotatable bonds is 2. The van der Waals surface area contributed by atoms with Crippen LogP contribution in [0.5, 0.6) is 0 Å². The quantitative estimate of drug-likeness (QED) is 0.890. The van der Waals surface area contributed by atoms with Crippen molar-refractivity contribution < 1.29 is 23.1 Å². The number of nitrogens with zero attached hydrogens (tertiary/aromatic N) is 1. The Kier molecular flexibility index (Phi) is 3.19. The number of nitrogen functional groups attached to an aromatic ring is 1. The van der Waals surface area contributed by atoms with Gasteiger partial charge in [-0.15, -0.1) is 0 Å². The molecule has 0 fully saturated rings. The van der Waals surface area contributed by atoms with Gasteiger partial charge in [0.1, 0.15) is 4.88 Å². The summed E-state index contributed by atoms with van der Waals surface area (Å²) in [5.74, 6) is -1.22. The number of benzene rings is 1. The Balaban J connectivity index is 2.46. The molecule has 0 aliphatic rings. The molecule has 0 amide bonds. The first-order chi connectivity index (χ1) is 8.79. The number of hydrogen-bond acceptors (Lipinski definition) is 4. The Morgan fingerprint density at radius 2 is 1.84 bits per heavy atom. The molecular weight excluding hydrogens is 281 g/mol. The minimum absolute atomic E-state index is 0.0484. The Morgan fingerprint density at radius 3 is 2.32 bits per heavy atom. The van der Waals surface area contributed by atoms with E-state index in [0.29, 0.717) is 0 Å². The molecule has 0 aliphatic carbocycles. The molecule has 0 saturated heterocycles. The predicted molar refractivity (Wildman–Crippen MR) is 63.9 cm³/mol. The summed E-state index contributed by atoms with van der Waals surface area (Å²) in [6, 6.07) is 4.08. The van der Waals surface area contributed by atoms with Crippen molar-refractivity contribution in [2.75, 3.05) is 5.73 Å². The molecule has 2 aromatic rings. The number of carbonyl (C=O) groups is 1. The molecular formula is C11H7F3N2O2S. The number of carboxylic acids is 1. The number of thiazole rings is 1. The van der Waals surface area contributed by atoms with Crippen molar-refractivity contribution in [1.82, 2.24) is 4.98 Å². The molecule has 2 rings (SSSR count). The van der Waals surface area contributed by atoms with E-state index in [9.17, 15) is 18.0 Å². The molecule has 0 aliphatic heterocycles. The Morgan fingerprint density at radius 1 is 1.26 bits per heavy atom. The number of anilines is 1. The van der Waals surface area contributed by atoms with E-state index in [-0.39, 0.29) is 21.3 Å². The Hall–Kier alpha value is -2.09. The van der Waals surface area contributed by atoms with E-state index in [2.05, 4.69) is 4.98 Å². The van der Waals surface area contributed by atoms with Gasteiger partial charge in [-0.25, -0.2) is 9.78 Å². The highest BCUT2D eigenvalue weighted by molar-refractivity contribution is 7.17. The van der Waals surface area contributed by atoms with Crippen LogP contribution in [0, 0.1) is 0 Å². The maximum absolute atomic E-state index is 12.4. The van der Waals surface area contributed by atoms with Gasteiger partial charge in [-0.3, -0.25) is 0 Å². The van der Waals surface area contributed by atoms with Crippen LogP contribution in [-0.4, -0.2) is 16.1 Å². The number of hydrogen-bond donors (Lipinski definition) is 2. The summed E-state index contributed by atoms with van der Waals surface area (Å²) < 4.78 is 37.2. The van der Waals surface area contributed by atoms with Crippen molar-refractivity contribution in [2.24, 2.45) is 0 Å². The fourth-order valence-electron chi connectivity index (χ4n) is 1.49. The zero-order valence-electron chi connectivity index (χ0n) is 9.23. The lowest BCUT2D eigenvalue weighted by molar-refractivity contribution is -0.137. The fraction of sp³-hybridized carbons (Fsp3) is 0.0909. The minimum Gasteiger partial charge on any atom is -0.477 e. The standard InChI is InChI=1S/C11H7F3N2O2S/c12-11(13,14)6-3-1-5(2-4-6)7-8(9(17)18)19-10(15)16-7/h1-4H,(H2,15,16)(H,17,18). The third-order valence-electron chi connectivity index (χ3n) is 2.32. The molecule has 4 nitrogen and oxygen atoms in total. The lowest BCUT2D eigenvalue weighted by atomic mass is 10.1. The average Bonchev–Trinajstić information content (AvgIpc) is 2.70. The second-order valence-electron chi connectivity index (χ2n) is 3.61. The van der Waals surface area contributed by atoms with Crippen LogP contribution in [0.4, 0.5) is 18.3 Å². The highest BCUT2D eigenvalue weighted by Crippen LogP contribution is 2.33. The molecule has 8 heteroatoms. The van der Waals surface area contributed by atoms with Gasteiger partial charge in [-0.2, -0.15) is 13.2 Å². The normalized spacial score (nSPS) is 11.5. The monoisotopic (exact) mass is 288 g/mol. The van der Waals surface area contributed by atoms with Gasteiger partial charge in [0.2, 0.25) is 0 Å². The van der Waals surface area contributed by atoms with Crippen molar-refractivity contribution in [1.29, 1.82) is 0 Å². The molecule has 19 heavy (non-hydrogen) atoms. The zero-order valence-corrected chi connectivity index (χ0v) is 10.0. The smallest absolute Gasteiger partial charge is 0.416 e. The van der Waals surface area contributed by atoms with E-state index < -0.39 is 17.7 Å². The summed E-state index contributed by atoms with van der Waals surface area (Å²) in [4.78, 5) is 14.7. The van der Waals surface area contributed by atoms with E-state index in [1.54, 1.807) is 0 Å². The maximum Gasteiger partial charge on any atom is 0.416 e. The van der Waals surface area contributed by atoms with Crippen LogP contribution in [0.25, 0.3) is 11.3 Å². The molecule has 0 radical (unpaired) electrons. The number of alkyl halides is 3. The van der Waals surface area contributed by atoms with Crippen LogP contribution in [-0.2, 0) is 6.18 Å². The second kappa shape index (κ2) is 4.54. The van der Waals surface area contributed by atoms with Crippen molar-refractivity contribution in [3.63, 3.8) is 0 Å². The van der Waals surface area contributed by atoms with E-state index >= 15 is 0 Å². The largest absolute Gasteiger partial charge is 0.477 e. The van der Waals surface area contributed by atoms with Gasteiger partial charge in [0.05, 0.1) is 11.3 Å². The lowest BCUT2D eigenvalue weighted by Gasteiger charge is -2.06. The highest BCUT2D eigenvalue weighted by atomic mass is 32.1. The number of aromatic carboxylic acids is 1. The topological polar surface area (TPSA) is 76.2 Å². The van der Waals surface area contributed by atoms with Crippen LogP contribution in [0.15, 0.2) is 24.3 Å². The molecule has 0 atom stereocenters. The Bertz CT molecular complexity index is 620. The van der Waals surface area contributed by atoms with Crippen molar-refractivity contribution >= 4 is 22.4 Å². The van der Waals surface area contributed by atoms with E-state index in [0.717, 1.165) is 23.5 Å². The van der Waals surface area contributed by atoms with Gasteiger partial charge >= 0.3 is 12.1 Å². The van der Waals surface area contributed by atoms with Gasteiger partial charge in [0.25, 0.3) is 0 Å². The SMILES string of the molecule is Nc1nc(-c2ccc(C(F)(F)F)cc2)c(C(=O)O)s1. The maximum atomic E-state index is 12.4. The zero-order chi connectivity index (χ0) is 14.2. The molecule has 1 aromatic heterocycles. The Labute approximate surface area is 109 Å². The summed E-state index contributed by atoms with van der Waals surface area (Å²) in [5, 5.41) is 9.01. The molecule has 0 bridgehead atoms. The predicted octanol–water partition coefficient (Wildman–Crippen LogP) is 3.11. The van der Waals surface area contributed by atoms with Crippen molar-refractivity contribution in [3.8, 4) is 11.3 Å². The first-order valence-corrected chi connectivity index (χ1v) is 5.78. The molecule has 3 N–H and O–H groups in total. The minimum atomic E-state index is -4.44. The third-order valence-corrected chi connectivity index (χ3v) is 3.20. The van der Waals surface area contributed by atoms with Crippen LogP contribution in [0.1, 0.15) is 15.2 Å². The number of aromatic nitrogens is 1. The lowest BCUT2D eigenvalue weighted by Crippen LogP contribution is -2.04. The van der Waals surface area contributed by atoms with Crippen LogP contribution < -0.4 is 5.73 Å². The van der Waals surface area contributed by atoms with Crippen molar-refractivity contribution in [2.45, 2.75) is 6.18 Å². The average molecular weight is 288 g/mol. The van der Waals surface area contributed by atoms with Crippen LogP contribution in [0.2, 0.25) is 0 Å². The van der Waals surface area contributed by atoms with E-state index in [1.165, 1.54) is 12.1 Å². The van der Waals surface area contributed by atoms with Gasteiger partial charge in [0, 0.05) is 5.56 Å². The number of nitrogens with two attached hydrogens (primary N) is 1. The van der Waals surface area contributed by atoms with Gasteiger partial charge in [0.15, 0.2) is 5.13 Å². The number of halogens is 3. The van der Waals surface area contributed by atoms with Crippen LogP contribution in [0.3, 0.4) is 0 Å². The summed E-state index contributed by atoms with van der Waals surface area (Å²) in [6.45, 7) is 0. The van der Waals surface area contributed by atoms with Crippen LogP contribution >= 0.6 is 11.3 Å². The van der Waals surface area contributed by atoms with Gasteiger partial charge in [-0.05, 0) is 12.1 Å². The molecule has 1 heterocycles. The first kappa shape index (κ1) is 13.3. The third kappa shape index (κ3) is 2.68. The first-order valence-electron chi connectivity index (χ1n) is 4.96. The fourth-order valence-corrected chi connectivity index (χ4v) is 2.19. The summed E-state index contributed by atoms with van der Waals surface area (Å²) in [5.41, 5.74) is 4.96. The summed E-state index contributed by atoms with van der Waals surface area (Å²) >= 11 is 0.772. The molecule has 0 saturated carbocycles. The molecule has 0 spiro atoms. The van der Waals surface area contributed by atoms with E-state index in [4.69, 9.17) is 10.8 Å². The van der Waals surface area contributed by atoms with E-state index in [1.807, 2.05) is 0 Å². The molecule has 1 aromatic carbocycles. The van der Waals surface area contributed by atoms with Crippen molar-refractivity contribution in [3.05, 3.63) is 34.7 Å². The van der Waals surface area contributed by atoms with Gasteiger partial charge in [-0.1, -0.05) is 23.5 Å². The second-order valence-corrected chi connectivity index (χ2v) is 4.64. The van der Waals surface area contributed by atoms with Gasteiger partial charge < -0.3 is 10.8 Å². The summed E-state index contributed by atoms with van der Waals surface area (Å²) in [7, 11) is 0. The molecule has 0 unspecified atom stereocenters. The summed E-state index contributed by atoms with van der Waals surface area (Å²) in [6.07, 6.45) is -4.44. The number of carboxylic acid groups (broad SMARTS) is 1.